The van der Waals surface area contributed by atoms with E-state index in [9.17, 15) is 0 Å². The van der Waals surface area contributed by atoms with Crippen LogP contribution in [-0.2, 0) is 0 Å². The Kier molecular flexibility index (Phi) is 7.52. The first kappa shape index (κ1) is 10.7. The first-order chi connectivity index (χ1) is 5.35. The van der Waals surface area contributed by atoms with E-state index in [0.29, 0.717) is 0 Å². The summed E-state index contributed by atoms with van der Waals surface area (Å²) < 4.78 is 0. The van der Waals surface area contributed by atoms with E-state index < -0.39 is 0 Å². The summed E-state index contributed by atoms with van der Waals surface area (Å²) in [4.78, 5) is 0. The standard InChI is InChI=1S/C9H18NSi/c1-4-7-11(8-5-2)9-10-6-3/h4-5,10H,1-2,6-9H2,3H3. The number of hydrogen-bond acceptors (Lipinski definition) is 1. The zero-order valence-electron chi connectivity index (χ0n) is 7.40. The number of rotatable bonds is 7. The van der Waals surface area contributed by atoms with Gasteiger partial charge < -0.3 is 5.32 Å². The minimum absolute atomic E-state index is 0.256. The van der Waals surface area contributed by atoms with Gasteiger partial charge >= 0.3 is 0 Å². The smallest absolute Gasteiger partial charge is 0.0724 e. The van der Waals surface area contributed by atoms with Gasteiger partial charge in [-0.15, -0.1) is 13.2 Å². The number of allylic oxidation sites excluding steroid dienone is 2. The highest BCUT2D eigenvalue weighted by molar-refractivity contribution is 6.60. The Labute approximate surface area is 71.8 Å². The molecule has 1 N–H and O–H groups in total. The molecule has 0 aromatic carbocycles. The minimum atomic E-state index is -0.256. The summed E-state index contributed by atoms with van der Waals surface area (Å²) in [6.45, 7) is 10.7. The van der Waals surface area contributed by atoms with Crippen LogP contribution in [0.5, 0.6) is 0 Å². The van der Waals surface area contributed by atoms with Crippen molar-refractivity contribution in [3.8, 4) is 0 Å². The van der Waals surface area contributed by atoms with Crippen LogP contribution >= 0.6 is 0 Å². The van der Waals surface area contributed by atoms with Crippen molar-refractivity contribution >= 4 is 8.80 Å². The fraction of sp³-hybridized carbons (Fsp3) is 0.556. The van der Waals surface area contributed by atoms with Gasteiger partial charge in [0.1, 0.15) is 0 Å². The molecule has 0 saturated heterocycles. The average Bonchev–Trinajstić information content (AvgIpc) is 2.01. The van der Waals surface area contributed by atoms with Gasteiger partial charge in [-0.1, -0.05) is 19.1 Å². The van der Waals surface area contributed by atoms with E-state index >= 15 is 0 Å². The van der Waals surface area contributed by atoms with Gasteiger partial charge in [0.2, 0.25) is 0 Å². The van der Waals surface area contributed by atoms with Gasteiger partial charge in [-0.05, 0) is 24.8 Å². The second kappa shape index (κ2) is 7.76. The fourth-order valence-electron chi connectivity index (χ4n) is 0.938. The lowest BCUT2D eigenvalue weighted by molar-refractivity contribution is 0.821. The van der Waals surface area contributed by atoms with Gasteiger partial charge in [0.15, 0.2) is 0 Å². The van der Waals surface area contributed by atoms with Crippen LogP contribution in [0.25, 0.3) is 0 Å². The molecule has 1 nitrogen and oxygen atoms in total. The topological polar surface area (TPSA) is 12.0 Å². The van der Waals surface area contributed by atoms with Gasteiger partial charge in [0, 0.05) is 0 Å². The minimum Gasteiger partial charge on any atom is -0.320 e. The van der Waals surface area contributed by atoms with Gasteiger partial charge in [-0.25, -0.2) is 0 Å². The second-order valence-corrected chi connectivity index (χ2v) is 5.19. The quantitative estimate of drug-likeness (QED) is 0.453. The van der Waals surface area contributed by atoms with E-state index in [4.69, 9.17) is 0 Å². The maximum absolute atomic E-state index is 3.75. The molecule has 0 aliphatic rings. The summed E-state index contributed by atoms with van der Waals surface area (Å²) in [6, 6.07) is 2.37. The largest absolute Gasteiger partial charge is 0.320 e. The van der Waals surface area contributed by atoms with Crippen LogP contribution in [0.4, 0.5) is 0 Å². The molecule has 0 aliphatic carbocycles. The lowest BCUT2D eigenvalue weighted by atomic mass is 10.7. The molecule has 0 spiro atoms. The molecule has 0 rings (SSSR count). The van der Waals surface area contributed by atoms with Crippen LogP contribution in [0.3, 0.4) is 0 Å². The summed E-state index contributed by atoms with van der Waals surface area (Å²) >= 11 is 0. The molecule has 2 heteroatoms. The van der Waals surface area contributed by atoms with Gasteiger partial charge in [0.05, 0.1) is 8.80 Å². The summed E-state index contributed by atoms with van der Waals surface area (Å²) in [5.74, 6) is 0. The Morgan fingerprint density at radius 1 is 1.27 bits per heavy atom. The van der Waals surface area contributed by atoms with Crippen LogP contribution in [0, 0.1) is 0 Å². The molecule has 0 aromatic rings. The van der Waals surface area contributed by atoms with E-state index in [1.54, 1.807) is 0 Å². The van der Waals surface area contributed by atoms with Gasteiger partial charge in [0.25, 0.3) is 0 Å². The van der Waals surface area contributed by atoms with Crippen LogP contribution in [0.1, 0.15) is 6.92 Å². The average molecular weight is 168 g/mol. The van der Waals surface area contributed by atoms with E-state index in [1.807, 2.05) is 12.2 Å². The van der Waals surface area contributed by atoms with Gasteiger partial charge in [-0.3, -0.25) is 0 Å². The molecule has 0 heterocycles. The molecule has 0 atom stereocenters. The molecule has 63 valence electrons. The SMILES string of the molecule is C=CC[Si](CC=C)CNCC. The lowest BCUT2D eigenvalue weighted by Crippen LogP contribution is -2.29. The predicted molar refractivity (Wildman–Crippen MR) is 54.3 cm³/mol. The molecule has 0 saturated carbocycles. The molecular formula is C9H18NSi. The fourth-order valence-corrected chi connectivity index (χ4v) is 2.81. The third-order valence-electron chi connectivity index (χ3n) is 1.49. The maximum Gasteiger partial charge on any atom is 0.0724 e. The summed E-state index contributed by atoms with van der Waals surface area (Å²) in [5.41, 5.74) is 0. The maximum atomic E-state index is 3.75. The van der Waals surface area contributed by atoms with Crippen LogP contribution in [0.2, 0.25) is 12.1 Å². The van der Waals surface area contributed by atoms with Crippen LogP contribution in [0.15, 0.2) is 25.3 Å². The van der Waals surface area contributed by atoms with Crippen molar-refractivity contribution in [1.82, 2.24) is 5.32 Å². The Morgan fingerprint density at radius 3 is 2.18 bits per heavy atom. The van der Waals surface area contributed by atoms with E-state index in [-0.39, 0.29) is 8.80 Å². The Bertz CT molecular complexity index is 102. The zero-order chi connectivity index (χ0) is 8.53. The molecule has 0 amide bonds. The first-order valence-corrected chi connectivity index (χ1v) is 6.23. The Morgan fingerprint density at radius 2 is 1.82 bits per heavy atom. The van der Waals surface area contributed by atoms with Crippen molar-refractivity contribution in [2.45, 2.75) is 19.0 Å². The number of nitrogens with one attached hydrogen (secondary N) is 1. The van der Waals surface area contributed by atoms with Gasteiger partial charge in [-0.2, -0.15) is 0 Å². The predicted octanol–water partition coefficient (Wildman–Crippen LogP) is 2.00. The normalized spacial score (nSPS) is 10.0. The Hall–Kier alpha value is -0.343. The monoisotopic (exact) mass is 168 g/mol. The third-order valence-corrected chi connectivity index (χ3v) is 3.97. The molecule has 0 aromatic heterocycles. The van der Waals surface area contributed by atoms with Crippen LogP contribution < -0.4 is 5.32 Å². The number of hydrogen-bond donors (Lipinski definition) is 1. The molecule has 0 fully saturated rings. The van der Waals surface area contributed by atoms with Crippen molar-refractivity contribution in [3.63, 3.8) is 0 Å². The van der Waals surface area contributed by atoms with Crippen molar-refractivity contribution in [2.24, 2.45) is 0 Å². The van der Waals surface area contributed by atoms with Crippen molar-refractivity contribution in [1.29, 1.82) is 0 Å². The van der Waals surface area contributed by atoms with Crippen molar-refractivity contribution < 1.29 is 0 Å². The highest BCUT2D eigenvalue weighted by atomic mass is 28.3. The van der Waals surface area contributed by atoms with Crippen molar-refractivity contribution in [3.05, 3.63) is 25.3 Å². The summed E-state index contributed by atoms with van der Waals surface area (Å²) in [6.07, 6.45) is 5.23. The van der Waals surface area contributed by atoms with E-state index in [2.05, 4.69) is 25.4 Å². The first-order valence-electron chi connectivity index (χ1n) is 4.11. The second-order valence-electron chi connectivity index (χ2n) is 2.52. The Balaban J connectivity index is 3.49. The highest BCUT2D eigenvalue weighted by Gasteiger charge is 2.04. The van der Waals surface area contributed by atoms with Crippen LogP contribution in [-0.4, -0.2) is 21.5 Å². The molecule has 0 bridgehead atoms. The summed E-state index contributed by atoms with van der Waals surface area (Å²) in [7, 11) is -0.256. The lowest BCUT2D eigenvalue weighted by Gasteiger charge is -2.10. The molecule has 0 unspecified atom stereocenters. The van der Waals surface area contributed by atoms with Crippen molar-refractivity contribution in [2.75, 3.05) is 12.7 Å². The van der Waals surface area contributed by atoms with E-state index in [0.717, 1.165) is 6.54 Å². The molecule has 1 radical (unpaired) electrons. The summed E-state index contributed by atoms with van der Waals surface area (Å²) in [5, 5.41) is 3.37. The van der Waals surface area contributed by atoms with E-state index in [1.165, 1.54) is 18.3 Å². The third kappa shape index (κ3) is 6.07. The highest BCUT2D eigenvalue weighted by Crippen LogP contribution is 1.99. The molecule has 0 aliphatic heterocycles. The zero-order valence-corrected chi connectivity index (χ0v) is 8.40. The molecular weight excluding hydrogens is 150 g/mol. The molecule has 11 heavy (non-hydrogen) atoms.